The van der Waals surface area contributed by atoms with E-state index in [9.17, 15) is 4.79 Å². The van der Waals surface area contributed by atoms with Crippen LogP contribution < -0.4 is 11.1 Å². The number of nitrogens with zero attached hydrogens (tertiary/aromatic N) is 2. The number of anilines is 1. The van der Waals surface area contributed by atoms with Crippen molar-refractivity contribution in [1.29, 1.82) is 0 Å². The third-order valence-electron chi connectivity index (χ3n) is 1.43. The largest absolute Gasteiger partial charge is 0.325 e. The summed E-state index contributed by atoms with van der Waals surface area (Å²) in [5.74, 6) is 0.130. The Balaban J connectivity index is 2.50. The maximum atomic E-state index is 11.4. The standard InChI is InChI=1S/C9H14N4O/c1-9(2,10)6-7(14)13-8-11-4-3-5-12-8/h3-5H,6,10H2,1-2H3,(H,11,12,13,14). The number of aromatic nitrogens is 2. The Morgan fingerprint density at radius 3 is 2.57 bits per heavy atom. The number of amides is 1. The van der Waals surface area contributed by atoms with Gasteiger partial charge in [-0.3, -0.25) is 10.1 Å². The summed E-state index contributed by atoms with van der Waals surface area (Å²) in [7, 11) is 0. The first-order valence-electron chi connectivity index (χ1n) is 4.33. The molecule has 1 amide bonds. The van der Waals surface area contributed by atoms with Crippen LogP contribution in [0.5, 0.6) is 0 Å². The van der Waals surface area contributed by atoms with E-state index < -0.39 is 5.54 Å². The molecule has 0 bridgehead atoms. The lowest BCUT2D eigenvalue weighted by Crippen LogP contribution is -2.36. The van der Waals surface area contributed by atoms with Crippen molar-refractivity contribution in [3.8, 4) is 0 Å². The van der Waals surface area contributed by atoms with Crippen molar-refractivity contribution in [3.05, 3.63) is 18.5 Å². The van der Waals surface area contributed by atoms with E-state index in [1.54, 1.807) is 32.3 Å². The summed E-state index contributed by atoms with van der Waals surface area (Å²) in [5.41, 5.74) is 5.17. The van der Waals surface area contributed by atoms with Gasteiger partial charge >= 0.3 is 0 Å². The zero-order valence-corrected chi connectivity index (χ0v) is 8.32. The number of hydrogen-bond acceptors (Lipinski definition) is 4. The summed E-state index contributed by atoms with van der Waals surface area (Å²) >= 11 is 0. The van der Waals surface area contributed by atoms with E-state index in [1.807, 2.05) is 0 Å². The normalized spacial score (nSPS) is 11.1. The Labute approximate surface area is 82.7 Å². The summed E-state index contributed by atoms with van der Waals surface area (Å²) in [4.78, 5) is 19.1. The second kappa shape index (κ2) is 4.15. The number of carbonyl (C=O) groups excluding carboxylic acids is 1. The average molecular weight is 194 g/mol. The number of rotatable bonds is 3. The second-order valence-electron chi connectivity index (χ2n) is 3.79. The number of nitrogens with two attached hydrogens (primary N) is 1. The van der Waals surface area contributed by atoms with E-state index in [4.69, 9.17) is 5.73 Å². The summed E-state index contributed by atoms with van der Waals surface area (Å²) < 4.78 is 0. The molecule has 0 saturated heterocycles. The molecule has 1 rings (SSSR count). The van der Waals surface area contributed by atoms with Crippen LogP contribution in [-0.2, 0) is 4.79 Å². The summed E-state index contributed by atoms with van der Waals surface area (Å²) in [6.45, 7) is 3.58. The first-order chi connectivity index (χ1) is 6.47. The van der Waals surface area contributed by atoms with Crippen molar-refractivity contribution in [2.45, 2.75) is 25.8 Å². The fraction of sp³-hybridized carbons (Fsp3) is 0.444. The molecule has 0 spiro atoms. The highest BCUT2D eigenvalue weighted by Crippen LogP contribution is 2.05. The summed E-state index contributed by atoms with van der Waals surface area (Å²) in [6, 6.07) is 1.68. The Morgan fingerprint density at radius 2 is 2.07 bits per heavy atom. The lowest BCUT2D eigenvalue weighted by atomic mass is 10.0. The number of carbonyl (C=O) groups is 1. The molecular formula is C9H14N4O. The third kappa shape index (κ3) is 3.95. The molecule has 5 nitrogen and oxygen atoms in total. The minimum Gasteiger partial charge on any atom is -0.325 e. The topological polar surface area (TPSA) is 80.9 Å². The van der Waals surface area contributed by atoms with Crippen LogP contribution in [0, 0.1) is 0 Å². The van der Waals surface area contributed by atoms with Crippen LogP contribution in [0.25, 0.3) is 0 Å². The third-order valence-corrected chi connectivity index (χ3v) is 1.43. The molecule has 14 heavy (non-hydrogen) atoms. The molecule has 1 aromatic heterocycles. The fourth-order valence-corrected chi connectivity index (χ4v) is 0.946. The van der Waals surface area contributed by atoms with Gasteiger partial charge in [0, 0.05) is 24.4 Å². The van der Waals surface area contributed by atoms with Gasteiger partial charge in [-0.1, -0.05) is 0 Å². The van der Waals surface area contributed by atoms with Gasteiger partial charge in [0.15, 0.2) is 0 Å². The van der Waals surface area contributed by atoms with Gasteiger partial charge in [0.1, 0.15) is 0 Å². The molecule has 0 atom stereocenters. The molecule has 0 fully saturated rings. The van der Waals surface area contributed by atoms with Crippen LogP contribution in [0.3, 0.4) is 0 Å². The predicted octanol–water partition coefficient (Wildman–Crippen LogP) is 0.542. The van der Waals surface area contributed by atoms with E-state index >= 15 is 0 Å². The number of hydrogen-bond donors (Lipinski definition) is 2. The van der Waals surface area contributed by atoms with Gasteiger partial charge in [0.05, 0.1) is 0 Å². The zero-order valence-electron chi connectivity index (χ0n) is 8.32. The Bertz CT molecular complexity index is 304. The minimum absolute atomic E-state index is 0.177. The highest BCUT2D eigenvalue weighted by atomic mass is 16.1. The van der Waals surface area contributed by atoms with Gasteiger partial charge in [0.2, 0.25) is 11.9 Å². The van der Waals surface area contributed by atoms with Gasteiger partial charge in [0.25, 0.3) is 0 Å². The van der Waals surface area contributed by atoms with Gasteiger partial charge in [-0.15, -0.1) is 0 Å². The molecule has 0 aromatic carbocycles. The van der Waals surface area contributed by atoms with Crippen LogP contribution in [0.2, 0.25) is 0 Å². The van der Waals surface area contributed by atoms with E-state index in [2.05, 4.69) is 15.3 Å². The van der Waals surface area contributed by atoms with Gasteiger partial charge in [-0.25, -0.2) is 9.97 Å². The smallest absolute Gasteiger partial charge is 0.229 e. The van der Waals surface area contributed by atoms with E-state index in [0.717, 1.165) is 0 Å². The van der Waals surface area contributed by atoms with Crippen LogP contribution in [0.15, 0.2) is 18.5 Å². The van der Waals surface area contributed by atoms with Crippen LogP contribution in [0.4, 0.5) is 5.95 Å². The molecule has 0 aliphatic carbocycles. The van der Waals surface area contributed by atoms with Crippen molar-refractivity contribution >= 4 is 11.9 Å². The monoisotopic (exact) mass is 194 g/mol. The first kappa shape index (κ1) is 10.6. The summed E-state index contributed by atoms with van der Waals surface area (Å²) in [5, 5.41) is 2.56. The van der Waals surface area contributed by atoms with Crippen molar-refractivity contribution in [2.75, 3.05) is 5.32 Å². The Kier molecular flexibility index (Phi) is 3.14. The van der Waals surface area contributed by atoms with Crippen LogP contribution >= 0.6 is 0 Å². The highest BCUT2D eigenvalue weighted by molar-refractivity contribution is 5.89. The van der Waals surface area contributed by atoms with Crippen molar-refractivity contribution in [2.24, 2.45) is 5.73 Å². The van der Waals surface area contributed by atoms with Crippen molar-refractivity contribution < 1.29 is 4.79 Å². The first-order valence-corrected chi connectivity index (χ1v) is 4.33. The molecule has 76 valence electrons. The molecule has 0 radical (unpaired) electrons. The van der Waals surface area contributed by atoms with Gasteiger partial charge < -0.3 is 5.73 Å². The molecule has 1 aromatic rings. The molecule has 3 N–H and O–H groups in total. The van der Waals surface area contributed by atoms with Crippen molar-refractivity contribution in [3.63, 3.8) is 0 Å². The lowest BCUT2D eigenvalue weighted by Gasteiger charge is -2.16. The van der Waals surface area contributed by atoms with E-state index in [1.165, 1.54) is 0 Å². The maximum Gasteiger partial charge on any atom is 0.229 e. The molecule has 0 aliphatic heterocycles. The zero-order chi connectivity index (χ0) is 10.6. The molecule has 0 aliphatic rings. The minimum atomic E-state index is -0.515. The Morgan fingerprint density at radius 1 is 1.50 bits per heavy atom. The molecule has 0 saturated carbocycles. The molecule has 0 unspecified atom stereocenters. The van der Waals surface area contributed by atoms with E-state index in [0.29, 0.717) is 5.95 Å². The molecule has 1 heterocycles. The quantitative estimate of drug-likeness (QED) is 0.736. The van der Waals surface area contributed by atoms with Crippen molar-refractivity contribution in [1.82, 2.24) is 9.97 Å². The second-order valence-corrected chi connectivity index (χ2v) is 3.79. The Hall–Kier alpha value is -1.49. The van der Waals surface area contributed by atoms with Crippen LogP contribution in [0.1, 0.15) is 20.3 Å². The molecule has 5 heteroatoms. The highest BCUT2D eigenvalue weighted by Gasteiger charge is 2.16. The predicted molar refractivity (Wildman–Crippen MR) is 53.5 cm³/mol. The molecular weight excluding hydrogens is 180 g/mol. The SMILES string of the molecule is CC(C)(N)CC(=O)Nc1ncccn1. The lowest BCUT2D eigenvalue weighted by molar-refractivity contribution is -0.117. The average Bonchev–Trinajstić information content (AvgIpc) is 2.02. The maximum absolute atomic E-state index is 11.4. The number of nitrogens with one attached hydrogen (secondary N) is 1. The summed E-state index contributed by atoms with van der Waals surface area (Å²) in [6.07, 6.45) is 3.37. The van der Waals surface area contributed by atoms with E-state index in [-0.39, 0.29) is 12.3 Å². The van der Waals surface area contributed by atoms with Gasteiger partial charge in [-0.2, -0.15) is 0 Å². The van der Waals surface area contributed by atoms with Gasteiger partial charge in [-0.05, 0) is 19.9 Å². The fourth-order valence-electron chi connectivity index (χ4n) is 0.946. The van der Waals surface area contributed by atoms with Crippen LogP contribution in [-0.4, -0.2) is 21.4 Å².